The fourth-order valence-electron chi connectivity index (χ4n) is 2.34. The van der Waals surface area contributed by atoms with Crippen LogP contribution in [-0.2, 0) is 14.9 Å². The van der Waals surface area contributed by atoms with Crippen LogP contribution in [0.2, 0.25) is 0 Å². The van der Waals surface area contributed by atoms with Gasteiger partial charge in [-0.1, -0.05) is 70.4 Å². The maximum absolute atomic E-state index is 10.2. The van der Waals surface area contributed by atoms with Crippen molar-refractivity contribution in [1.82, 2.24) is 0 Å². The molecule has 0 aliphatic heterocycles. The van der Waals surface area contributed by atoms with E-state index in [4.69, 9.17) is 4.55 Å². The second-order valence-corrected chi connectivity index (χ2v) is 8.32. The molecule has 5 nitrogen and oxygen atoms in total. The van der Waals surface area contributed by atoms with Crippen LogP contribution in [0.15, 0.2) is 12.2 Å². The Morgan fingerprint density at radius 1 is 0.815 bits per heavy atom. The van der Waals surface area contributed by atoms with Gasteiger partial charge in [0.05, 0.1) is 5.75 Å². The number of hydrogen-bond acceptors (Lipinski definition) is 4. The van der Waals surface area contributed by atoms with Crippen LogP contribution in [0.25, 0.3) is 0 Å². The zero-order valence-electron chi connectivity index (χ0n) is 17.7. The van der Waals surface area contributed by atoms with Crippen LogP contribution in [0.3, 0.4) is 0 Å². The summed E-state index contributed by atoms with van der Waals surface area (Å²) in [5.74, 6) is -1.12. The van der Waals surface area contributed by atoms with Crippen LogP contribution in [0.5, 0.6) is 0 Å². The quantitative estimate of drug-likeness (QED) is 0.179. The van der Waals surface area contributed by atoms with Gasteiger partial charge in [-0.3, -0.25) is 4.55 Å². The van der Waals surface area contributed by atoms with Gasteiger partial charge >= 0.3 is 29.6 Å². The summed E-state index contributed by atoms with van der Waals surface area (Å²) in [7, 11) is -3.66. The molecule has 0 atom stereocenters. The molecule has 27 heavy (non-hydrogen) atoms. The second-order valence-electron chi connectivity index (χ2n) is 6.58. The van der Waals surface area contributed by atoms with Gasteiger partial charge in [0.25, 0.3) is 10.1 Å². The first-order chi connectivity index (χ1) is 12.3. The van der Waals surface area contributed by atoms with E-state index in [1.54, 1.807) is 0 Å². The van der Waals surface area contributed by atoms with E-state index in [9.17, 15) is 18.3 Å². The third kappa shape index (κ3) is 37.5. The van der Waals surface area contributed by atoms with Gasteiger partial charge < -0.3 is 9.90 Å². The Morgan fingerprint density at radius 3 is 1.56 bits per heavy atom. The summed E-state index contributed by atoms with van der Waals surface area (Å²) in [6.45, 7) is 3.63. The van der Waals surface area contributed by atoms with Crippen LogP contribution < -0.4 is 34.7 Å². The van der Waals surface area contributed by atoms with Crippen molar-refractivity contribution in [1.29, 1.82) is 0 Å². The first-order valence-corrected chi connectivity index (χ1v) is 11.7. The summed E-state index contributed by atoms with van der Waals surface area (Å²) in [4.78, 5) is 10.2. The van der Waals surface area contributed by atoms with Crippen molar-refractivity contribution >= 4 is 16.1 Å². The van der Waals surface area contributed by atoms with Gasteiger partial charge in [0.2, 0.25) is 0 Å². The van der Waals surface area contributed by atoms with Crippen molar-refractivity contribution in [2.45, 2.75) is 104 Å². The van der Waals surface area contributed by atoms with E-state index in [-0.39, 0.29) is 41.7 Å². The molecule has 0 radical (unpaired) electrons. The molecular weight excluding hydrogens is 375 g/mol. The normalized spacial score (nSPS) is 10.9. The zero-order chi connectivity index (χ0) is 20.1. The molecule has 0 bridgehead atoms. The first kappa shape index (κ1) is 31.8. The molecule has 0 unspecified atom stereocenters. The molecule has 0 spiro atoms. The molecule has 7 heteroatoms. The Bertz CT molecular complexity index is 436. The molecule has 0 saturated heterocycles. The van der Waals surface area contributed by atoms with E-state index in [2.05, 4.69) is 19.1 Å². The predicted molar refractivity (Wildman–Crippen MR) is 107 cm³/mol. The molecule has 0 aliphatic carbocycles. The second kappa shape index (κ2) is 24.2. The largest absolute Gasteiger partial charge is 1.00 e. The van der Waals surface area contributed by atoms with Crippen molar-refractivity contribution in [2.75, 3.05) is 5.75 Å². The summed E-state index contributed by atoms with van der Waals surface area (Å²) in [6, 6.07) is 0. The molecule has 0 aromatic carbocycles. The number of carboxylic acid groups (broad SMARTS) is 1. The third-order valence-corrected chi connectivity index (χ3v) is 4.74. The Labute approximate surface area is 189 Å². The summed E-state index contributed by atoms with van der Waals surface area (Å²) in [5, 5.41) is 10.2. The smallest absolute Gasteiger partial charge is 0.550 e. The standard InChI is InChI=1S/C18H34O2.C2H6O3S.Na/c1-2-3-4-5-6-7-8-9-10-11-12-13-14-15-16-17-18(19)20;1-2-6(3,4)5;/h9-10H,2-8,11-17H2,1H3,(H,19,20);2H2,1H3,(H,3,4,5);/q;;+1/p-1/b10-9-;;. The predicted octanol–water partition coefficient (Wildman–Crippen LogP) is 1.67. The van der Waals surface area contributed by atoms with Gasteiger partial charge in [0, 0.05) is 5.97 Å². The van der Waals surface area contributed by atoms with Gasteiger partial charge in [-0.05, 0) is 45.4 Å². The van der Waals surface area contributed by atoms with Gasteiger partial charge in [-0.2, -0.15) is 8.42 Å². The average molecular weight is 415 g/mol. The number of carbonyl (C=O) groups is 1. The molecule has 0 aromatic rings. The van der Waals surface area contributed by atoms with Crippen molar-refractivity contribution in [3.05, 3.63) is 12.2 Å². The zero-order valence-corrected chi connectivity index (χ0v) is 20.6. The topological polar surface area (TPSA) is 94.5 Å². The molecule has 156 valence electrons. The summed E-state index contributed by atoms with van der Waals surface area (Å²) >= 11 is 0. The minimum atomic E-state index is -3.66. The maximum atomic E-state index is 10.2. The number of carboxylic acids is 1. The van der Waals surface area contributed by atoms with Crippen LogP contribution in [0.1, 0.15) is 104 Å². The van der Waals surface area contributed by atoms with E-state index in [1.807, 2.05) is 0 Å². The van der Waals surface area contributed by atoms with E-state index >= 15 is 0 Å². The SMILES string of the molecule is CCCCCCCC/C=C\CCCCCCCC(=O)[O-].CCS(=O)(=O)O.[Na+]. The number of allylic oxidation sites excluding steroid dienone is 2. The Hall–Kier alpha value is 0.120. The maximum Gasteiger partial charge on any atom is 1.00 e. The third-order valence-electron chi connectivity index (χ3n) is 4.01. The van der Waals surface area contributed by atoms with Crippen LogP contribution >= 0.6 is 0 Å². The monoisotopic (exact) mass is 414 g/mol. The molecule has 0 amide bonds. The molecule has 0 heterocycles. The van der Waals surface area contributed by atoms with Crippen molar-refractivity contribution in [3.8, 4) is 0 Å². The van der Waals surface area contributed by atoms with Crippen LogP contribution in [0.4, 0.5) is 0 Å². The van der Waals surface area contributed by atoms with Crippen LogP contribution in [0, 0.1) is 0 Å². The van der Waals surface area contributed by atoms with Crippen molar-refractivity contribution in [2.24, 2.45) is 0 Å². The van der Waals surface area contributed by atoms with Gasteiger partial charge in [0.15, 0.2) is 0 Å². The fraction of sp³-hybridized carbons (Fsp3) is 0.850. The minimum absolute atomic E-state index is 0. The van der Waals surface area contributed by atoms with Gasteiger partial charge in [-0.15, -0.1) is 0 Å². The molecule has 1 N–H and O–H groups in total. The Morgan fingerprint density at radius 2 is 1.19 bits per heavy atom. The first-order valence-electron chi connectivity index (χ1n) is 10.1. The number of carbonyl (C=O) groups excluding carboxylic acids is 1. The Balaban J connectivity index is -0.000000709. The van der Waals surface area contributed by atoms with E-state index in [0.29, 0.717) is 0 Å². The molecule has 0 fully saturated rings. The van der Waals surface area contributed by atoms with Crippen LogP contribution in [-0.4, -0.2) is 24.7 Å². The van der Waals surface area contributed by atoms with E-state index in [0.717, 1.165) is 19.3 Å². The number of hydrogen-bond donors (Lipinski definition) is 1. The summed E-state index contributed by atoms with van der Waals surface area (Å²) < 4.78 is 26.9. The van der Waals surface area contributed by atoms with Gasteiger partial charge in [-0.25, -0.2) is 0 Å². The number of unbranched alkanes of at least 4 members (excludes halogenated alkanes) is 11. The molecule has 0 aromatic heterocycles. The van der Waals surface area contributed by atoms with Gasteiger partial charge in [0.1, 0.15) is 0 Å². The van der Waals surface area contributed by atoms with Crippen molar-refractivity contribution in [3.63, 3.8) is 0 Å². The molecule has 0 rings (SSSR count). The van der Waals surface area contributed by atoms with Crippen molar-refractivity contribution < 1.29 is 52.4 Å². The minimum Gasteiger partial charge on any atom is -0.550 e. The van der Waals surface area contributed by atoms with E-state index < -0.39 is 16.1 Å². The summed E-state index contributed by atoms with van der Waals surface area (Å²) in [6.07, 6.45) is 20.9. The number of aliphatic carboxylic acids is 1. The molecular formula is C20H39NaO5S. The molecule has 0 aliphatic rings. The number of rotatable bonds is 16. The average Bonchev–Trinajstić information content (AvgIpc) is 2.58. The fourth-order valence-corrected chi connectivity index (χ4v) is 2.34. The van der Waals surface area contributed by atoms with E-state index in [1.165, 1.54) is 71.1 Å². The summed E-state index contributed by atoms with van der Waals surface area (Å²) in [5.41, 5.74) is 0. The molecule has 0 saturated carbocycles. The Kier molecular flexibility index (Phi) is 28.5.